The summed E-state index contributed by atoms with van der Waals surface area (Å²) in [4.78, 5) is 14.4. The summed E-state index contributed by atoms with van der Waals surface area (Å²) in [7, 11) is 0. The molecular formula is C14H21F2N3O2. The van der Waals surface area contributed by atoms with Gasteiger partial charge in [0.1, 0.15) is 5.76 Å². The predicted molar refractivity (Wildman–Crippen MR) is 73.3 cm³/mol. The Bertz CT molecular complexity index is 490. The molecule has 0 aromatic carbocycles. The number of nitrogens with one attached hydrogen (secondary N) is 1. The lowest BCUT2D eigenvalue weighted by Crippen LogP contribution is -2.40. The molecule has 2 atom stereocenters. The van der Waals surface area contributed by atoms with Gasteiger partial charge in [0.15, 0.2) is 5.69 Å². The highest BCUT2D eigenvalue weighted by Crippen LogP contribution is 2.19. The molecule has 0 saturated carbocycles. The van der Waals surface area contributed by atoms with Crippen LogP contribution in [0, 0.1) is 5.92 Å². The number of alkyl halides is 2. The number of nitrogens with zero attached hydrogens (tertiary/aromatic N) is 2. The van der Waals surface area contributed by atoms with Crippen LogP contribution in [0.2, 0.25) is 0 Å². The Labute approximate surface area is 122 Å². The normalized spacial score (nSPS) is 23.2. The highest BCUT2D eigenvalue weighted by Gasteiger charge is 2.32. The van der Waals surface area contributed by atoms with Crippen molar-refractivity contribution in [2.24, 2.45) is 5.92 Å². The molecule has 5 nitrogen and oxygen atoms in total. The highest BCUT2D eigenvalue weighted by atomic mass is 19.3. The van der Waals surface area contributed by atoms with Crippen molar-refractivity contribution in [3.8, 4) is 0 Å². The Hall–Kier alpha value is -1.50. The number of likely N-dealkylation sites (tertiary alicyclic amines) is 1. The second-order valence-corrected chi connectivity index (χ2v) is 5.88. The van der Waals surface area contributed by atoms with E-state index in [1.807, 2.05) is 0 Å². The average molecular weight is 301 g/mol. The summed E-state index contributed by atoms with van der Waals surface area (Å²) < 4.78 is 29.2. The fourth-order valence-electron chi connectivity index (χ4n) is 2.52. The molecule has 0 unspecified atom stereocenters. The third-order valence-electron chi connectivity index (χ3n) is 3.83. The Kier molecular flexibility index (Phi) is 4.92. The maximum absolute atomic E-state index is 12.2. The Balaban J connectivity index is 1.94. The molecule has 2 heterocycles. The van der Waals surface area contributed by atoms with Crippen LogP contribution in [0.15, 0.2) is 10.6 Å². The van der Waals surface area contributed by atoms with E-state index < -0.39 is 12.8 Å². The van der Waals surface area contributed by atoms with E-state index >= 15 is 0 Å². The number of halogens is 2. The van der Waals surface area contributed by atoms with Gasteiger partial charge in [-0.05, 0) is 19.8 Å². The maximum Gasteiger partial charge on any atom is 0.273 e. The van der Waals surface area contributed by atoms with Gasteiger partial charge < -0.3 is 9.84 Å². The van der Waals surface area contributed by atoms with Crippen LogP contribution in [0.25, 0.3) is 0 Å². The van der Waals surface area contributed by atoms with Crippen molar-refractivity contribution in [2.75, 3.05) is 13.1 Å². The molecule has 1 aromatic rings. The van der Waals surface area contributed by atoms with Gasteiger partial charge in [-0.3, -0.25) is 9.69 Å². The standard InChI is InChI=1S/C14H21F2N3O2/c1-8(2)19-6-9(3)12(7-19)17-14(20)11-4-10(21-18-11)5-13(15)16/h4,8-9,12-13H,5-7H2,1-3H3,(H,17,20)/t9-,12+/m1/s1. The predicted octanol–water partition coefficient (Wildman–Crippen LogP) is 1.94. The largest absolute Gasteiger partial charge is 0.360 e. The minimum absolute atomic E-state index is 0.0263. The summed E-state index contributed by atoms with van der Waals surface area (Å²) in [5.41, 5.74) is 0.0563. The zero-order valence-corrected chi connectivity index (χ0v) is 12.5. The van der Waals surface area contributed by atoms with E-state index in [1.165, 1.54) is 6.07 Å². The van der Waals surface area contributed by atoms with Crippen LogP contribution in [0.4, 0.5) is 8.78 Å². The number of hydrogen-bond acceptors (Lipinski definition) is 4. The van der Waals surface area contributed by atoms with Crippen LogP contribution in [-0.2, 0) is 6.42 Å². The molecule has 1 fully saturated rings. The topological polar surface area (TPSA) is 58.4 Å². The van der Waals surface area contributed by atoms with Crippen LogP contribution < -0.4 is 5.32 Å². The molecule has 0 spiro atoms. The van der Waals surface area contributed by atoms with Crippen LogP contribution in [0.5, 0.6) is 0 Å². The number of carbonyl (C=O) groups is 1. The fraction of sp³-hybridized carbons (Fsp3) is 0.714. The third-order valence-corrected chi connectivity index (χ3v) is 3.83. The maximum atomic E-state index is 12.2. The zero-order valence-electron chi connectivity index (χ0n) is 12.5. The lowest BCUT2D eigenvalue weighted by atomic mass is 10.1. The Morgan fingerprint density at radius 3 is 2.81 bits per heavy atom. The minimum atomic E-state index is -2.51. The first-order valence-corrected chi connectivity index (χ1v) is 7.15. The van der Waals surface area contributed by atoms with Gasteiger partial charge in [-0.25, -0.2) is 8.78 Å². The smallest absolute Gasteiger partial charge is 0.273 e. The molecule has 0 aliphatic carbocycles. The van der Waals surface area contributed by atoms with Crippen molar-refractivity contribution in [2.45, 2.75) is 45.7 Å². The van der Waals surface area contributed by atoms with E-state index in [-0.39, 0.29) is 23.4 Å². The molecule has 7 heteroatoms. The van der Waals surface area contributed by atoms with Gasteiger partial charge in [-0.1, -0.05) is 12.1 Å². The molecule has 1 amide bonds. The van der Waals surface area contributed by atoms with Gasteiger partial charge in [0, 0.05) is 31.2 Å². The first kappa shape index (κ1) is 15.9. The minimum Gasteiger partial charge on any atom is -0.360 e. The van der Waals surface area contributed by atoms with E-state index in [0.717, 1.165) is 13.1 Å². The quantitative estimate of drug-likeness (QED) is 0.903. The molecule has 0 bridgehead atoms. The van der Waals surface area contributed by atoms with Crippen molar-refractivity contribution in [3.63, 3.8) is 0 Å². The Morgan fingerprint density at radius 2 is 2.24 bits per heavy atom. The van der Waals surface area contributed by atoms with E-state index in [0.29, 0.717) is 12.0 Å². The van der Waals surface area contributed by atoms with E-state index in [1.54, 1.807) is 0 Å². The van der Waals surface area contributed by atoms with Gasteiger partial charge in [0.25, 0.3) is 5.91 Å². The lowest BCUT2D eigenvalue weighted by molar-refractivity contribution is 0.0921. The monoisotopic (exact) mass is 301 g/mol. The molecule has 0 radical (unpaired) electrons. The average Bonchev–Trinajstić information content (AvgIpc) is 2.96. The van der Waals surface area contributed by atoms with Crippen molar-refractivity contribution >= 4 is 5.91 Å². The van der Waals surface area contributed by atoms with Crippen LogP contribution in [0.3, 0.4) is 0 Å². The van der Waals surface area contributed by atoms with Crippen molar-refractivity contribution in [1.82, 2.24) is 15.4 Å². The first-order chi connectivity index (χ1) is 9.86. The molecule has 2 rings (SSSR count). The second-order valence-electron chi connectivity index (χ2n) is 5.88. The van der Waals surface area contributed by atoms with Gasteiger partial charge in [0.05, 0.1) is 6.42 Å². The van der Waals surface area contributed by atoms with Gasteiger partial charge in [-0.15, -0.1) is 0 Å². The van der Waals surface area contributed by atoms with Crippen molar-refractivity contribution < 1.29 is 18.1 Å². The zero-order chi connectivity index (χ0) is 15.6. The molecule has 1 N–H and O–H groups in total. The van der Waals surface area contributed by atoms with Crippen molar-refractivity contribution in [1.29, 1.82) is 0 Å². The number of amides is 1. The molecular weight excluding hydrogens is 280 g/mol. The van der Waals surface area contributed by atoms with Gasteiger partial charge in [0.2, 0.25) is 6.43 Å². The summed E-state index contributed by atoms with van der Waals surface area (Å²) in [5.74, 6) is -0.0102. The van der Waals surface area contributed by atoms with Gasteiger partial charge in [-0.2, -0.15) is 0 Å². The SMILES string of the molecule is CC(C)N1C[C@@H](C)[C@@H](NC(=O)c2cc(CC(F)F)on2)C1. The Morgan fingerprint density at radius 1 is 1.52 bits per heavy atom. The summed E-state index contributed by atoms with van der Waals surface area (Å²) >= 11 is 0. The van der Waals surface area contributed by atoms with Crippen LogP contribution in [0.1, 0.15) is 37.0 Å². The molecule has 118 valence electrons. The van der Waals surface area contributed by atoms with Crippen LogP contribution in [-0.4, -0.2) is 47.6 Å². The lowest BCUT2D eigenvalue weighted by Gasteiger charge is -2.20. The number of aromatic nitrogens is 1. The first-order valence-electron chi connectivity index (χ1n) is 7.15. The van der Waals surface area contributed by atoms with Crippen LogP contribution >= 0.6 is 0 Å². The number of carbonyl (C=O) groups excluding carboxylic acids is 1. The second kappa shape index (κ2) is 6.51. The van der Waals surface area contributed by atoms with E-state index in [2.05, 4.69) is 36.1 Å². The third kappa shape index (κ3) is 4.00. The van der Waals surface area contributed by atoms with E-state index in [4.69, 9.17) is 4.52 Å². The summed E-state index contributed by atoms with van der Waals surface area (Å²) in [6.45, 7) is 8.03. The number of hydrogen-bond donors (Lipinski definition) is 1. The van der Waals surface area contributed by atoms with E-state index in [9.17, 15) is 13.6 Å². The van der Waals surface area contributed by atoms with Gasteiger partial charge >= 0.3 is 0 Å². The molecule has 1 aliphatic heterocycles. The summed E-state index contributed by atoms with van der Waals surface area (Å²) in [5, 5.41) is 6.46. The van der Waals surface area contributed by atoms with Crippen molar-refractivity contribution in [3.05, 3.63) is 17.5 Å². The molecule has 21 heavy (non-hydrogen) atoms. The highest BCUT2D eigenvalue weighted by molar-refractivity contribution is 5.92. The number of rotatable bonds is 5. The summed E-state index contributed by atoms with van der Waals surface area (Å²) in [6, 6.07) is 1.75. The molecule has 1 aliphatic rings. The summed E-state index contributed by atoms with van der Waals surface area (Å²) in [6.07, 6.45) is -3.04. The molecule has 1 aromatic heterocycles. The molecule has 1 saturated heterocycles. The fourth-order valence-corrected chi connectivity index (χ4v) is 2.52.